The van der Waals surface area contributed by atoms with Crippen LogP contribution in [0.5, 0.6) is 0 Å². The lowest BCUT2D eigenvalue weighted by molar-refractivity contribution is 0.998. The molecule has 6 heteroatoms. The Bertz CT molecular complexity index is 579. The van der Waals surface area contributed by atoms with E-state index in [-0.39, 0.29) is 5.03 Å². The number of nitrogens with zero attached hydrogens (tertiary/aromatic N) is 2. The van der Waals surface area contributed by atoms with Crippen molar-refractivity contribution in [2.24, 2.45) is 5.18 Å². The highest BCUT2D eigenvalue weighted by molar-refractivity contribution is 6.31. The molecule has 0 aliphatic carbocycles. The van der Waals surface area contributed by atoms with Crippen molar-refractivity contribution < 1.29 is 0 Å². The van der Waals surface area contributed by atoms with Gasteiger partial charge in [-0.15, -0.1) is 4.91 Å². The van der Waals surface area contributed by atoms with Crippen molar-refractivity contribution in [3.8, 4) is 0 Å². The van der Waals surface area contributed by atoms with Crippen LogP contribution in [-0.2, 0) is 0 Å². The molecular weight excluding hydrogens is 288 g/mol. The summed E-state index contributed by atoms with van der Waals surface area (Å²) in [4.78, 5) is 12.0. The summed E-state index contributed by atoms with van der Waals surface area (Å²) in [6.07, 6.45) is 4.19. The molecule has 21 heavy (non-hydrogen) atoms. The van der Waals surface area contributed by atoms with E-state index in [0.717, 1.165) is 23.1 Å². The van der Waals surface area contributed by atoms with Gasteiger partial charge in [0.2, 0.25) is 0 Å². The van der Waals surface area contributed by atoms with Crippen molar-refractivity contribution in [2.75, 3.05) is 24.4 Å². The number of aryl methyl sites for hydroxylation is 1. The fourth-order valence-corrected chi connectivity index (χ4v) is 1.63. The maximum absolute atomic E-state index is 9.98. The number of hydrogen-bond acceptors (Lipinski definition) is 5. The van der Waals surface area contributed by atoms with E-state index in [1.54, 1.807) is 6.08 Å². The molecule has 0 saturated heterocycles. The first-order chi connectivity index (χ1) is 9.93. The predicted octanol–water partition coefficient (Wildman–Crippen LogP) is 3.89. The molecule has 0 aliphatic heterocycles. The number of anilines is 2. The minimum absolute atomic E-state index is 0.236. The molecule has 1 aromatic rings. The van der Waals surface area contributed by atoms with Crippen molar-refractivity contribution in [1.82, 2.24) is 5.43 Å². The van der Waals surface area contributed by atoms with E-state index < -0.39 is 0 Å². The molecule has 1 aromatic carbocycles. The standard InChI is InChI=1S/C15H19ClN4O/c1-11-9-14(20(3)4)7-8-15(11)19-18-12(2)5-6-13(16)10-17-21/h5-10,18-19H,2H2,1,3-4H3. The fourth-order valence-electron chi connectivity index (χ4n) is 1.53. The average molecular weight is 307 g/mol. The number of nitroso groups, excluding NO2 is 1. The second kappa shape index (κ2) is 8.11. The van der Waals surface area contributed by atoms with Crippen LogP contribution in [0.3, 0.4) is 0 Å². The number of hydrazine groups is 1. The summed E-state index contributed by atoms with van der Waals surface area (Å²) in [7, 11) is 4.00. The van der Waals surface area contributed by atoms with Crippen molar-refractivity contribution in [3.05, 3.63) is 64.3 Å². The molecule has 0 aromatic heterocycles. The van der Waals surface area contributed by atoms with Gasteiger partial charge in [-0.3, -0.25) is 0 Å². The van der Waals surface area contributed by atoms with Crippen LogP contribution in [0, 0.1) is 11.8 Å². The molecule has 5 nitrogen and oxygen atoms in total. The van der Waals surface area contributed by atoms with Gasteiger partial charge in [-0.05, 0) is 48.0 Å². The van der Waals surface area contributed by atoms with Gasteiger partial charge < -0.3 is 15.8 Å². The molecule has 0 saturated carbocycles. The molecule has 0 heterocycles. The summed E-state index contributed by atoms with van der Waals surface area (Å²) in [5.41, 5.74) is 9.80. The molecule has 0 unspecified atom stereocenters. The van der Waals surface area contributed by atoms with Crippen LogP contribution in [0.4, 0.5) is 11.4 Å². The third-order valence-corrected chi connectivity index (χ3v) is 2.93. The predicted molar refractivity (Wildman–Crippen MR) is 90.3 cm³/mol. The normalized spacial score (nSPS) is 11.3. The van der Waals surface area contributed by atoms with Crippen LogP contribution in [0.25, 0.3) is 0 Å². The Hall–Kier alpha value is -2.27. The monoisotopic (exact) mass is 306 g/mol. The van der Waals surface area contributed by atoms with Crippen molar-refractivity contribution >= 4 is 23.0 Å². The summed E-state index contributed by atoms with van der Waals surface area (Å²) < 4.78 is 0. The summed E-state index contributed by atoms with van der Waals surface area (Å²) in [6.45, 7) is 5.83. The van der Waals surface area contributed by atoms with Gasteiger partial charge in [0, 0.05) is 25.5 Å². The van der Waals surface area contributed by atoms with E-state index >= 15 is 0 Å². The third kappa shape index (κ3) is 5.71. The molecule has 0 aliphatic rings. The zero-order valence-corrected chi connectivity index (χ0v) is 13.1. The van der Waals surface area contributed by atoms with Gasteiger partial charge >= 0.3 is 0 Å². The Morgan fingerprint density at radius 1 is 1.38 bits per heavy atom. The summed E-state index contributed by atoms with van der Waals surface area (Å²) >= 11 is 5.70. The van der Waals surface area contributed by atoms with E-state index in [1.165, 1.54) is 6.08 Å². The summed E-state index contributed by atoms with van der Waals surface area (Å²) in [6, 6.07) is 6.08. The van der Waals surface area contributed by atoms with Crippen LogP contribution in [-0.4, -0.2) is 14.1 Å². The van der Waals surface area contributed by atoms with E-state index in [0.29, 0.717) is 5.70 Å². The first-order valence-corrected chi connectivity index (χ1v) is 6.67. The van der Waals surface area contributed by atoms with Crippen LogP contribution in [0.1, 0.15) is 5.56 Å². The highest BCUT2D eigenvalue weighted by Gasteiger charge is 2.01. The molecular formula is C15H19ClN4O. The molecule has 0 amide bonds. The Labute approximate surface area is 129 Å². The number of nitrogens with one attached hydrogen (secondary N) is 2. The van der Waals surface area contributed by atoms with Gasteiger partial charge in [-0.25, -0.2) is 0 Å². The van der Waals surface area contributed by atoms with Crippen LogP contribution in [0.2, 0.25) is 0 Å². The Kier molecular flexibility index (Phi) is 6.49. The molecule has 0 atom stereocenters. The first-order valence-electron chi connectivity index (χ1n) is 6.29. The van der Waals surface area contributed by atoms with E-state index in [4.69, 9.17) is 11.6 Å². The Morgan fingerprint density at radius 2 is 2.10 bits per heavy atom. The van der Waals surface area contributed by atoms with Gasteiger partial charge in [-0.2, -0.15) is 0 Å². The van der Waals surface area contributed by atoms with Gasteiger partial charge in [0.05, 0.1) is 16.9 Å². The molecule has 2 N–H and O–H groups in total. The number of benzene rings is 1. The number of halogens is 1. The van der Waals surface area contributed by atoms with Crippen LogP contribution in [0.15, 0.2) is 59.0 Å². The Morgan fingerprint density at radius 3 is 2.67 bits per heavy atom. The first kappa shape index (κ1) is 16.8. The number of allylic oxidation sites excluding steroid dienone is 3. The largest absolute Gasteiger partial charge is 0.378 e. The quantitative estimate of drug-likeness (QED) is 0.456. The lowest BCUT2D eigenvalue weighted by atomic mass is 10.2. The maximum Gasteiger partial charge on any atom is 0.0901 e. The molecule has 0 radical (unpaired) electrons. The van der Waals surface area contributed by atoms with Crippen molar-refractivity contribution in [1.29, 1.82) is 0 Å². The highest BCUT2D eigenvalue weighted by Crippen LogP contribution is 2.20. The fraction of sp³-hybridized carbons (Fsp3) is 0.200. The highest BCUT2D eigenvalue weighted by atomic mass is 35.5. The van der Waals surface area contributed by atoms with Crippen LogP contribution >= 0.6 is 11.6 Å². The van der Waals surface area contributed by atoms with Crippen LogP contribution < -0.4 is 15.8 Å². The average Bonchev–Trinajstić information content (AvgIpc) is 2.44. The van der Waals surface area contributed by atoms with Gasteiger partial charge in [0.15, 0.2) is 0 Å². The summed E-state index contributed by atoms with van der Waals surface area (Å²) in [5.74, 6) is 0. The molecule has 1 rings (SSSR count). The molecule has 0 spiro atoms. The van der Waals surface area contributed by atoms with Gasteiger partial charge in [0.25, 0.3) is 0 Å². The van der Waals surface area contributed by atoms with Gasteiger partial charge in [-0.1, -0.05) is 18.2 Å². The van der Waals surface area contributed by atoms with E-state index in [1.807, 2.05) is 38.1 Å². The second-order valence-corrected chi connectivity index (χ2v) is 5.06. The van der Waals surface area contributed by atoms with Gasteiger partial charge in [0.1, 0.15) is 0 Å². The Balaban J connectivity index is 2.61. The number of rotatable bonds is 7. The van der Waals surface area contributed by atoms with E-state index in [9.17, 15) is 4.91 Å². The number of hydrogen-bond donors (Lipinski definition) is 2. The molecule has 0 fully saturated rings. The zero-order valence-electron chi connectivity index (χ0n) is 12.4. The second-order valence-electron chi connectivity index (χ2n) is 4.62. The molecule has 0 bridgehead atoms. The SMILES string of the molecule is C=C(C=CC(Cl)=CN=O)NNc1ccc(N(C)C)cc1C. The summed E-state index contributed by atoms with van der Waals surface area (Å²) in [5, 5.41) is 2.81. The van der Waals surface area contributed by atoms with Crippen molar-refractivity contribution in [2.45, 2.75) is 6.92 Å². The third-order valence-electron chi connectivity index (χ3n) is 2.70. The minimum Gasteiger partial charge on any atom is -0.378 e. The lowest BCUT2D eigenvalue weighted by Gasteiger charge is -2.16. The van der Waals surface area contributed by atoms with E-state index in [2.05, 4.69) is 28.7 Å². The molecule has 112 valence electrons. The smallest absolute Gasteiger partial charge is 0.0901 e. The minimum atomic E-state index is 0.236. The lowest BCUT2D eigenvalue weighted by Crippen LogP contribution is -2.20. The maximum atomic E-state index is 9.98. The van der Waals surface area contributed by atoms with Crippen molar-refractivity contribution in [3.63, 3.8) is 0 Å². The topological polar surface area (TPSA) is 56.7 Å². The zero-order chi connectivity index (χ0) is 15.8.